The van der Waals surface area contributed by atoms with Gasteiger partial charge >= 0.3 is 0 Å². The van der Waals surface area contributed by atoms with E-state index in [4.69, 9.17) is 33.7 Å². The largest absolute Gasteiger partial charge is 0.454 e. The van der Waals surface area contributed by atoms with E-state index in [0.29, 0.717) is 24.7 Å². The molecule has 0 saturated carbocycles. The predicted molar refractivity (Wildman–Crippen MR) is 147 cm³/mol. The lowest BCUT2D eigenvalue weighted by Crippen LogP contribution is -2.35. The zero-order valence-corrected chi connectivity index (χ0v) is 22.6. The number of halogens is 2. The number of rotatable bonds is 8. The second kappa shape index (κ2) is 12.0. The number of ether oxygens (including phenoxy) is 1. The van der Waals surface area contributed by atoms with Gasteiger partial charge in [0.05, 0.1) is 22.0 Å². The number of nitrogens with zero attached hydrogens (tertiary/aromatic N) is 1. The van der Waals surface area contributed by atoms with Crippen LogP contribution in [-0.2, 0) is 21.2 Å². The molecule has 0 spiro atoms. The molecule has 0 atom stereocenters. The maximum atomic E-state index is 13.6. The van der Waals surface area contributed by atoms with Crippen LogP contribution in [0.1, 0.15) is 22.3 Å². The number of benzene rings is 3. The average molecular weight is 577 g/mol. The highest BCUT2D eigenvalue weighted by molar-refractivity contribution is 7.92. The average Bonchev–Trinajstić information content (AvgIpc) is 3.16. The van der Waals surface area contributed by atoms with Crippen LogP contribution in [0.25, 0.3) is 0 Å². The molecule has 0 radical (unpaired) electrons. The van der Waals surface area contributed by atoms with E-state index in [1.165, 1.54) is 30.3 Å². The summed E-state index contributed by atoms with van der Waals surface area (Å²) in [6.45, 7) is 2.51. The van der Waals surface area contributed by atoms with Gasteiger partial charge in [-0.05, 0) is 67.1 Å². The zero-order valence-electron chi connectivity index (χ0n) is 20.2. The van der Waals surface area contributed by atoms with Crippen LogP contribution in [0.2, 0.25) is 10.0 Å². The summed E-state index contributed by atoms with van der Waals surface area (Å²) in [5, 5.41) is 3.90. The number of hydrogen-bond acceptors (Lipinski definition) is 6. The second-order valence-electron chi connectivity index (χ2n) is 8.63. The number of sulfonamides is 1. The first kappa shape index (κ1) is 27.7. The van der Waals surface area contributed by atoms with Crippen molar-refractivity contribution in [2.75, 3.05) is 30.9 Å². The number of amides is 2. The number of para-hydroxylation sites is 2. The van der Waals surface area contributed by atoms with Crippen LogP contribution < -0.4 is 20.5 Å². The number of primary amides is 1. The Morgan fingerprint density at radius 1 is 1.00 bits per heavy atom. The van der Waals surface area contributed by atoms with Crippen LogP contribution in [0, 0.1) is 0 Å². The number of nitrogens with two attached hydrogens (primary N) is 1. The number of anilines is 1. The van der Waals surface area contributed by atoms with Crippen molar-refractivity contribution in [3.63, 3.8) is 0 Å². The van der Waals surface area contributed by atoms with Gasteiger partial charge in [0, 0.05) is 30.2 Å². The third kappa shape index (κ3) is 6.76. The fourth-order valence-corrected chi connectivity index (χ4v) is 5.76. The van der Waals surface area contributed by atoms with E-state index < -0.39 is 15.9 Å². The van der Waals surface area contributed by atoms with E-state index in [1.807, 2.05) is 0 Å². The lowest BCUT2D eigenvalue weighted by molar-refractivity contribution is -0.130. The molecule has 12 heteroatoms. The van der Waals surface area contributed by atoms with Crippen molar-refractivity contribution in [2.24, 2.45) is 5.73 Å². The maximum Gasteiger partial charge on any atom is 0.262 e. The quantitative estimate of drug-likeness (QED) is 0.370. The van der Waals surface area contributed by atoms with Gasteiger partial charge in [-0.2, -0.15) is 0 Å². The normalized spacial score (nSPS) is 14.0. The molecule has 4 rings (SSSR count). The smallest absolute Gasteiger partial charge is 0.262 e. The fourth-order valence-electron chi connectivity index (χ4n) is 4.02. The van der Waals surface area contributed by atoms with Crippen LogP contribution in [0.5, 0.6) is 11.5 Å². The highest BCUT2D eigenvalue weighted by Gasteiger charge is 2.25. The van der Waals surface area contributed by atoms with Crippen molar-refractivity contribution in [3.8, 4) is 11.5 Å². The monoisotopic (exact) mass is 576 g/mol. The predicted octanol–water partition coefficient (Wildman–Crippen LogP) is 4.05. The molecular formula is C26H26Cl2N4O5S. The molecule has 0 aliphatic carbocycles. The van der Waals surface area contributed by atoms with Gasteiger partial charge in [-0.25, -0.2) is 8.42 Å². The molecule has 1 saturated heterocycles. The maximum absolute atomic E-state index is 13.6. The molecule has 200 valence electrons. The Balaban J connectivity index is 1.65. The summed E-state index contributed by atoms with van der Waals surface area (Å²) in [6.07, 6.45) is 0.574. The second-order valence-corrected chi connectivity index (χ2v) is 11.1. The molecule has 0 bridgehead atoms. The van der Waals surface area contributed by atoms with E-state index in [0.717, 1.165) is 13.0 Å². The van der Waals surface area contributed by atoms with Crippen LogP contribution in [0.15, 0.2) is 65.6 Å². The van der Waals surface area contributed by atoms with Crippen molar-refractivity contribution >= 4 is 50.7 Å². The van der Waals surface area contributed by atoms with Crippen molar-refractivity contribution in [3.05, 3.63) is 81.8 Å². The summed E-state index contributed by atoms with van der Waals surface area (Å²) in [6, 6.07) is 15.0. The molecule has 9 nitrogen and oxygen atoms in total. The summed E-state index contributed by atoms with van der Waals surface area (Å²) < 4.78 is 35.5. The minimum Gasteiger partial charge on any atom is -0.454 e. The summed E-state index contributed by atoms with van der Waals surface area (Å²) >= 11 is 12.2. The van der Waals surface area contributed by atoms with Gasteiger partial charge in [-0.1, -0.05) is 35.3 Å². The Kier molecular flexibility index (Phi) is 8.78. The molecule has 1 heterocycles. The van der Waals surface area contributed by atoms with Crippen LogP contribution in [-0.4, -0.2) is 51.3 Å². The fraction of sp³-hybridized carbons (Fsp3) is 0.231. The summed E-state index contributed by atoms with van der Waals surface area (Å²) in [5.41, 5.74) is 5.84. The van der Waals surface area contributed by atoms with E-state index in [-0.39, 0.29) is 50.6 Å². The first-order valence-electron chi connectivity index (χ1n) is 11.8. The first-order chi connectivity index (χ1) is 18.1. The molecule has 2 amide bonds. The van der Waals surface area contributed by atoms with E-state index in [1.54, 1.807) is 35.2 Å². The van der Waals surface area contributed by atoms with E-state index >= 15 is 0 Å². The number of hydrogen-bond donors (Lipinski definition) is 3. The van der Waals surface area contributed by atoms with Crippen molar-refractivity contribution in [2.45, 2.75) is 17.7 Å². The van der Waals surface area contributed by atoms with E-state index in [9.17, 15) is 18.0 Å². The highest BCUT2D eigenvalue weighted by Crippen LogP contribution is 2.36. The van der Waals surface area contributed by atoms with Gasteiger partial charge < -0.3 is 20.7 Å². The molecule has 1 aliphatic rings. The standard InChI is InChI=1S/C26H26Cl2N4O5S/c27-19-7-8-22(20(28)16-19)37-23-5-2-1-4-21(23)31-38(35,36)24-9-6-17(26(29)34)14-18(24)15-25(33)32-12-3-10-30-11-13-32/h1-2,4-9,14,16,30-31H,3,10-13,15H2,(H2,29,34). The van der Waals surface area contributed by atoms with Gasteiger partial charge in [0.15, 0.2) is 5.75 Å². The molecule has 3 aromatic rings. The Morgan fingerprint density at radius 3 is 2.55 bits per heavy atom. The molecule has 38 heavy (non-hydrogen) atoms. The van der Waals surface area contributed by atoms with Crippen molar-refractivity contribution in [1.82, 2.24) is 10.2 Å². The summed E-state index contributed by atoms with van der Waals surface area (Å²) in [5.74, 6) is -0.489. The third-order valence-corrected chi connectivity index (χ3v) is 7.91. The molecule has 1 aliphatic heterocycles. The molecule has 1 fully saturated rings. The van der Waals surface area contributed by atoms with Crippen LogP contribution >= 0.6 is 23.2 Å². The van der Waals surface area contributed by atoms with Gasteiger partial charge in [0.1, 0.15) is 5.75 Å². The Morgan fingerprint density at radius 2 is 1.79 bits per heavy atom. The minimum absolute atomic E-state index is 0.102. The SMILES string of the molecule is NC(=O)c1ccc(S(=O)(=O)Nc2ccccc2Oc2ccc(Cl)cc2Cl)c(CC(=O)N2CCCNCC2)c1. The number of carbonyl (C=O) groups excluding carboxylic acids is 2. The lowest BCUT2D eigenvalue weighted by Gasteiger charge is -2.21. The van der Waals surface area contributed by atoms with E-state index in [2.05, 4.69) is 10.0 Å². The lowest BCUT2D eigenvalue weighted by atomic mass is 10.1. The van der Waals surface area contributed by atoms with Gasteiger partial charge in [-0.15, -0.1) is 0 Å². The van der Waals surface area contributed by atoms with Crippen molar-refractivity contribution in [1.29, 1.82) is 0 Å². The summed E-state index contributed by atoms with van der Waals surface area (Å²) in [7, 11) is -4.22. The van der Waals surface area contributed by atoms with Crippen molar-refractivity contribution < 1.29 is 22.7 Å². The zero-order chi connectivity index (χ0) is 27.3. The summed E-state index contributed by atoms with van der Waals surface area (Å²) in [4.78, 5) is 26.4. The van der Waals surface area contributed by atoms with Crippen LogP contribution in [0.4, 0.5) is 5.69 Å². The van der Waals surface area contributed by atoms with Gasteiger partial charge in [-0.3, -0.25) is 14.3 Å². The van der Waals surface area contributed by atoms with Gasteiger partial charge in [0.2, 0.25) is 11.8 Å². The number of carbonyl (C=O) groups is 2. The molecular weight excluding hydrogens is 551 g/mol. The molecule has 0 aromatic heterocycles. The molecule has 4 N–H and O–H groups in total. The molecule has 3 aromatic carbocycles. The van der Waals surface area contributed by atoms with Crippen LogP contribution in [0.3, 0.4) is 0 Å². The Labute approximate surface area is 230 Å². The number of nitrogens with one attached hydrogen (secondary N) is 2. The minimum atomic E-state index is -4.22. The Hall–Kier alpha value is -3.31. The highest BCUT2D eigenvalue weighted by atomic mass is 35.5. The first-order valence-corrected chi connectivity index (χ1v) is 14.0. The molecule has 0 unspecified atom stereocenters. The topological polar surface area (TPSA) is 131 Å². The Bertz CT molecular complexity index is 1460. The third-order valence-electron chi connectivity index (χ3n) is 5.91. The van der Waals surface area contributed by atoms with Gasteiger partial charge in [0.25, 0.3) is 10.0 Å².